The van der Waals surface area contributed by atoms with Crippen LogP contribution in [0.1, 0.15) is 34.0 Å². The van der Waals surface area contributed by atoms with Gasteiger partial charge in [0.25, 0.3) is 5.91 Å². The molecule has 6 heteroatoms. The van der Waals surface area contributed by atoms with Gasteiger partial charge in [0.1, 0.15) is 11.8 Å². The largest absolute Gasteiger partial charge is 0.474 e. The number of carbonyl (C=O) groups excluding carboxylic acids is 1. The number of likely N-dealkylation sites (tertiary alicyclic amines) is 1. The van der Waals surface area contributed by atoms with Gasteiger partial charge in [-0.3, -0.25) is 4.79 Å². The van der Waals surface area contributed by atoms with Gasteiger partial charge >= 0.3 is 0 Å². The molecule has 0 aromatic carbocycles. The van der Waals surface area contributed by atoms with Crippen molar-refractivity contribution in [2.75, 3.05) is 13.1 Å². The van der Waals surface area contributed by atoms with E-state index in [4.69, 9.17) is 4.74 Å². The van der Waals surface area contributed by atoms with Crippen LogP contribution < -0.4 is 4.74 Å². The Bertz CT molecular complexity index is 663. The van der Waals surface area contributed by atoms with Crippen LogP contribution in [-0.2, 0) is 0 Å². The van der Waals surface area contributed by atoms with Crippen LogP contribution >= 0.6 is 11.3 Å². The summed E-state index contributed by atoms with van der Waals surface area (Å²) >= 11 is 1.51. The van der Waals surface area contributed by atoms with E-state index in [9.17, 15) is 4.79 Å². The molecule has 0 saturated carbocycles. The quantitative estimate of drug-likeness (QED) is 0.873. The van der Waals surface area contributed by atoms with Crippen molar-refractivity contribution in [1.29, 1.82) is 0 Å². The molecule has 0 bridgehead atoms. The third-order valence-corrected chi connectivity index (χ3v) is 4.49. The van der Waals surface area contributed by atoms with E-state index in [1.54, 1.807) is 0 Å². The number of pyridine rings is 1. The first-order chi connectivity index (χ1) is 10.6. The third-order valence-electron chi connectivity index (χ3n) is 3.72. The lowest BCUT2D eigenvalue weighted by atomic mass is 10.1. The van der Waals surface area contributed by atoms with Gasteiger partial charge in [-0.25, -0.2) is 9.97 Å². The molecular formula is C16H19N3O2S. The van der Waals surface area contributed by atoms with Crippen LogP contribution in [-0.4, -0.2) is 40.0 Å². The average Bonchev–Trinajstić information content (AvgIpc) is 2.94. The number of rotatable bonds is 3. The van der Waals surface area contributed by atoms with Gasteiger partial charge in [0, 0.05) is 43.1 Å². The number of aryl methyl sites for hydroxylation is 2. The van der Waals surface area contributed by atoms with Gasteiger partial charge in [-0.1, -0.05) is 6.07 Å². The minimum Gasteiger partial charge on any atom is -0.474 e. The lowest BCUT2D eigenvalue weighted by molar-refractivity contribution is 0.0583. The van der Waals surface area contributed by atoms with Gasteiger partial charge in [-0.15, -0.1) is 11.3 Å². The molecule has 0 aliphatic carbocycles. The smallest absolute Gasteiger partial charge is 0.273 e. The van der Waals surface area contributed by atoms with E-state index in [1.165, 1.54) is 11.3 Å². The van der Waals surface area contributed by atoms with Crippen LogP contribution in [0.15, 0.2) is 23.6 Å². The van der Waals surface area contributed by atoms with E-state index < -0.39 is 0 Å². The molecule has 1 amide bonds. The standard InChI is InChI=1S/C16H19N3O2S/c1-11-4-3-5-15(17-11)21-13-6-8-19(9-7-13)16(20)14-10-22-12(2)18-14/h3-5,10,13H,6-9H2,1-2H3. The van der Waals surface area contributed by atoms with Crippen LogP contribution in [0.4, 0.5) is 0 Å². The number of nitrogens with zero attached hydrogens (tertiary/aromatic N) is 3. The molecule has 0 N–H and O–H groups in total. The highest BCUT2D eigenvalue weighted by Crippen LogP contribution is 2.19. The summed E-state index contributed by atoms with van der Waals surface area (Å²) in [6, 6.07) is 5.77. The van der Waals surface area contributed by atoms with Gasteiger partial charge < -0.3 is 9.64 Å². The van der Waals surface area contributed by atoms with Crippen molar-refractivity contribution >= 4 is 17.2 Å². The van der Waals surface area contributed by atoms with Gasteiger partial charge in [0.05, 0.1) is 5.01 Å². The Hall–Kier alpha value is -1.95. The number of hydrogen-bond acceptors (Lipinski definition) is 5. The van der Waals surface area contributed by atoms with E-state index in [-0.39, 0.29) is 12.0 Å². The number of thiazole rings is 1. The monoisotopic (exact) mass is 317 g/mol. The molecule has 22 heavy (non-hydrogen) atoms. The molecule has 1 aliphatic heterocycles. The second-order valence-corrected chi connectivity index (χ2v) is 6.54. The van der Waals surface area contributed by atoms with E-state index in [1.807, 2.05) is 42.3 Å². The van der Waals surface area contributed by atoms with E-state index in [0.717, 1.165) is 23.5 Å². The van der Waals surface area contributed by atoms with Crippen molar-refractivity contribution in [3.8, 4) is 5.88 Å². The van der Waals surface area contributed by atoms with Crippen LogP contribution in [0.5, 0.6) is 5.88 Å². The molecule has 5 nitrogen and oxygen atoms in total. The molecule has 0 spiro atoms. The number of amides is 1. The molecule has 0 unspecified atom stereocenters. The Morgan fingerprint density at radius 2 is 2.05 bits per heavy atom. The number of aromatic nitrogens is 2. The number of ether oxygens (including phenoxy) is 1. The van der Waals surface area contributed by atoms with Crippen molar-refractivity contribution in [3.63, 3.8) is 0 Å². The van der Waals surface area contributed by atoms with Gasteiger partial charge in [0.2, 0.25) is 5.88 Å². The number of piperidine rings is 1. The molecule has 0 atom stereocenters. The highest BCUT2D eigenvalue weighted by atomic mass is 32.1. The van der Waals surface area contributed by atoms with Crippen molar-refractivity contribution in [2.45, 2.75) is 32.8 Å². The molecule has 0 radical (unpaired) electrons. The fourth-order valence-corrected chi connectivity index (χ4v) is 3.14. The second-order valence-electron chi connectivity index (χ2n) is 5.48. The summed E-state index contributed by atoms with van der Waals surface area (Å²) in [5, 5.41) is 2.75. The summed E-state index contributed by atoms with van der Waals surface area (Å²) in [5.74, 6) is 0.691. The highest BCUT2D eigenvalue weighted by molar-refractivity contribution is 7.09. The SMILES string of the molecule is Cc1cccc(OC2CCN(C(=O)c3csc(C)n3)CC2)n1. The molecule has 3 heterocycles. The first kappa shape index (κ1) is 15.0. The maximum absolute atomic E-state index is 12.3. The minimum absolute atomic E-state index is 0.0245. The molecule has 2 aromatic rings. The van der Waals surface area contributed by atoms with Crippen LogP contribution in [0, 0.1) is 13.8 Å². The normalized spacial score (nSPS) is 15.8. The maximum Gasteiger partial charge on any atom is 0.273 e. The van der Waals surface area contributed by atoms with Gasteiger partial charge in [-0.2, -0.15) is 0 Å². The summed E-state index contributed by atoms with van der Waals surface area (Å²) < 4.78 is 5.91. The molecule has 1 aliphatic rings. The zero-order valence-electron chi connectivity index (χ0n) is 12.8. The topological polar surface area (TPSA) is 55.3 Å². The first-order valence-electron chi connectivity index (χ1n) is 7.43. The Morgan fingerprint density at radius 3 is 2.68 bits per heavy atom. The summed E-state index contributed by atoms with van der Waals surface area (Å²) in [6.45, 7) is 5.26. The Morgan fingerprint density at radius 1 is 1.27 bits per heavy atom. The number of hydrogen-bond donors (Lipinski definition) is 0. The summed E-state index contributed by atoms with van der Waals surface area (Å²) in [7, 11) is 0. The zero-order valence-corrected chi connectivity index (χ0v) is 13.6. The first-order valence-corrected chi connectivity index (χ1v) is 8.31. The molecule has 1 saturated heterocycles. The van der Waals surface area contributed by atoms with E-state index in [0.29, 0.717) is 24.7 Å². The van der Waals surface area contributed by atoms with Crippen molar-refractivity contribution in [1.82, 2.24) is 14.9 Å². The highest BCUT2D eigenvalue weighted by Gasteiger charge is 2.26. The predicted octanol–water partition coefficient (Wildman–Crippen LogP) is 2.84. The summed E-state index contributed by atoms with van der Waals surface area (Å²) in [6.07, 6.45) is 1.77. The second kappa shape index (κ2) is 6.44. The summed E-state index contributed by atoms with van der Waals surface area (Å²) in [5.41, 5.74) is 1.51. The predicted molar refractivity (Wildman–Crippen MR) is 85.4 cm³/mol. The average molecular weight is 317 g/mol. The summed E-state index contributed by atoms with van der Waals surface area (Å²) in [4.78, 5) is 22.8. The van der Waals surface area contributed by atoms with Crippen molar-refractivity contribution < 1.29 is 9.53 Å². The van der Waals surface area contributed by atoms with Crippen LogP contribution in [0.2, 0.25) is 0 Å². The maximum atomic E-state index is 12.3. The zero-order chi connectivity index (χ0) is 15.5. The van der Waals surface area contributed by atoms with E-state index >= 15 is 0 Å². The van der Waals surface area contributed by atoms with E-state index in [2.05, 4.69) is 9.97 Å². The Labute approximate surface area is 134 Å². The lowest BCUT2D eigenvalue weighted by Gasteiger charge is -2.31. The Balaban J connectivity index is 1.55. The number of carbonyl (C=O) groups is 1. The fourth-order valence-electron chi connectivity index (χ4n) is 2.55. The lowest BCUT2D eigenvalue weighted by Crippen LogP contribution is -2.42. The third kappa shape index (κ3) is 3.44. The molecule has 116 valence electrons. The van der Waals surface area contributed by atoms with Gasteiger partial charge in [0.15, 0.2) is 0 Å². The van der Waals surface area contributed by atoms with Gasteiger partial charge in [-0.05, 0) is 19.9 Å². The molecule has 2 aromatic heterocycles. The molecule has 3 rings (SSSR count). The Kier molecular flexibility index (Phi) is 4.38. The fraction of sp³-hybridized carbons (Fsp3) is 0.438. The molecule has 1 fully saturated rings. The van der Waals surface area contributed by atoms with Crippen molar-refractivity contribution in [2.24, 2.45) is 0 Å². The van der Waals surface area contributed by atoms with Crippen LogP contribution in [0.25, 0.3) is 0 Å². The molecular weight excluding hydrogens is 298 g/mol. The van der Waals surface area contributed by atoms with Crippen molar-refractivity contribution in [3.05, 3.63) is 40.0 Å². The van der Waals surface area contributed by atoms with Crippen LogP contribution in [0.3, 0.4) is 0 Å². The minimum atomic E-state index is 0.0245.